The van der Waals surface area contributed by atoms with E-state index in [1.54, 1.807) is 6.07 Å². The zero-order valence-corrected chi connectivity index (χ0v) is 14.5. The van der Waals surface area contributed by atoms with Crippen molar-refractivity contribution in [1.29, 1.82) is 0 Å². The summed E-state index contributed by atoms with van der Waals surface area (Å²) in [5.74, 6) is 0.149. The zero-order chi connectivity index (χ0) is 15.1. The maximum Gasteiger partial charge on any atom is 0.252 e. The van der Waals surface area contributed by atoms with Gasteiger partial charge in [0.05, 0.1) is 0 Å². The van der Waals surface area contributed by atoms with E-state index in [0.717, 1.165) is 25.9 Å². The molecule has 1 aromatic rings. The molecule has 1 aliphatic heterocycles. The Labute approximate surface area is 141 Å². The molecule has 2 amide bonds. The number of hydrogen-bond donors (Lipinski definition) is 2. The standard InChI is InChI=1S/C15H23N3O2S.ClH/c1-16-10-13-4-3-8-18(13)14(19)5-2-7-17-15(20)12-6-9-21-11-12;/h6,9,11,13,16H,2-5,7-8,10H2,1H3,(H,17,20);1H. The normalized spacial score (nSPS) is 17.1. The van der Waals surface area contributed by atoms with E-state index in [1.807, 2.05) is 22.7 Å². The van der Waals surface area contributed by atoms with Crippen LogP contribution >= 0.6 is 23.7 Å². The number of likely N-dealkylation sites (tertiary alicyclic amines) is 1. The predicted molar refractivity (Wildman–Crippen MR) is 91.8 cm³/mol. The molecule has 2 heterocycles. The number of rotatable bonds is 7. The monoisotopic (exact) mass is 345 g/mol. The predicted octanol–water partition coefficient (Wildman–Crippen LogP) is 1.89. The molecule has 7 heteroatoms. The van der Waals surface area contributed by atoms with E-state index < -0.39 is 0 Å². The third-order valence-electron chi connectivity index (χ3n) is 3.77. The number of nitrogens with one attached hydrogen (secondary N) is 2. The lowest BCUT2D eigenvalue weighted by molar-refractivity contribution is -0.132. The fraction of sp³-hybridized carbons (Fsp3) is 0.600. The average molecular weight is 346 g/mol. The fourth-order valence-corrected chi connectivity index (χ4v) is 3.33. The van der Waals surface area contributed by atoms with Gasteiger partial charge in [0.25, 0.3) is 5.91 Å². The van der Waals surface area contributed by atoms with Crippen molar-refractivity contribution in [3.05, 3.63) is 22.4 Å². The first-order valence-corrected chi connectivity index (χ1v) is 8.41. The van der Waals surface area contributed by atoms with E-state index in [9.17, 15) is 9.59 Å². The van der Waals surface area contributed by atoms with Crippen LogP contribution in [0.3, 0.4) is 0 Å². The minimum atomic E-state index is -0.0575. The van der Waals surface area contributed by atoms with Crippen molar-refractivity contribution < 1.29 is 9.59 Å². The molecule has 22 heavy (non-hydrogen) atoms. The van der Waals surface area contributed by atoms with E-state index in [4.69, 9.17) is 0 Å². The van der Waals surface area contributed by atoms with E-state index >= 15 is 0 Å². The van der Waals surface area contributed by atoms with Gasteiger partial charge in [0, 0.05) is 43.0 Å². The molecule has 2 rings (SSSR count). The minimum Gasteiger partial charge on any atom is -0.352 e. The molecule has 2 N–H and O–H groups in total. The van der Waals surface area contributed by atoms with E-state index in [-0.39, 0.29) is 24.2 Å². The Morgan fingerprint density at radius 1 is 1.45 bits per heavy atom. The molecule has 0 aliphatic carbocycles. The molecule has 5 nitrogen and oxygen atoms in total. The van der Waals surface area contributed by atoms with Gasteiger partial charge in [0.1, 0.15) is 0 Å². The number of likely N-dealkylation sites (N-methyl/N-ethyl adjacent to an activating group) is 1. The lowest BCUT2D eigenvalue weighted by Crippen LogP contribution is -2.41. The summed E-state index contributed by atoms with van der Waals surface area (Å²) in [6.45, 7) is 2.28. The van der Waals surface area contributed by atoms with Crippen LogP contribution < -0.4 is 10.6 Å². The van der Waals surface area contributed by atoms with Gasteiger partial charge < -0.3 is 15.5 Å². The second-order valence-electron chi connectivity index (χ2n) is 5.31. The Bertz CT molecular complexity index is 467. The molecule has 0 radical (unpaired) electrons. The van der Waals surface area contributed by atoms with E-state index in [2.05, 4.69) is 10.6 Å². The van der Waals surface area contributed by atoms with Gasteiger partial charge in [0.15, 0.2) is 0 Å². The average Bonchev–Trinajstić information content (AvgIpc) is 3.14. The van der Waals surface area contributed by atoms with Gasteiger partial charge in [-0.25, -0.2) is 0 Å². The summed E-state index contributed by atoms with van der Waals surface area (Å²) in [6.07, 6.45) is 3.37. The van der Waals surface area contributed by atoms with Gasteiger partial charge >= 0.3 is 0 Å². The minimum absolute atomic E-state index is 0. The molecule has 1 unspecified atom stereocenters. The largest absolute Gasteiger partial charge is 0.352 e. The molecule has 1 fully saturated rings. The van der Waals surface area contributed by atoms with Crippen molar-refractivity contribution in [3.63, 3.8) is 0 Å². The molecule has 0 bridgehead atoms. The summed E-state index contributed by atoms with van der Waals surface area (Å²) in [4.78, 5) is 25.9. The molecule has 1 aromatic heterocycles. The van der Waals surface area contributed by atoms with Crippen LogP contribution in [0.4, 0.5) is 0 Å². The summed E-state index contributed by atoms with van der Waals surface area (Å²) >= 11 is 1.51. The van der Waals surface area contributed by atoms with Crippen LogP contribution in [0.1, 0.15) is 36.0 Å². The van der Waals surface area contributed by atoms with Gasteiger partial charge in [0.2, 0.25) is 5.91 Å². The highest BCUT2D eigenvalue weighted by Gasteiger charge is 2.27. The quantitative estimate of drug-likeness (QED) is 0.742. The molecule has 0 saturated carbocycles. The molecule has 0 spiro atoms. The number of amides is 2. The van der Waals surface area contributed by atoms with Gasteiger partial charge in [-0.3, -0.25) is 9.59 Å². The van der Waals surface area contributed by atoms with Gasteiger partial charge in [-0.05, 0) is 37.8 Å². The number of thiophene rings is 1. The first-order chi connectivity index (χ1) is 10.2. The fourth-order valence-electron chi connectivity index (χ4n) is 2.69. The summed E-state index contributed by atoms with van der Waals surface area (Å²) in [6, 6.07) is 2.14. The molecule has 124 valence electrons. The van der Waals surface area contributed by atoms with Crippen molar-refractivity contribution in [1.82, 2.24) is 15.5 Å². The first kappa shape index (κ1) is 18.9. The lowest BCUT2D eigenvalue weighted by Gasteiger charge is -2.24. The van der Waals surface area contributed by atoms with E-state index in [1.165, 1.54) is 11.3 Å². The van der Waals surface area contributed by atoms with Crippen molar-refractivity contribution in [2.24, 2.45) is 0 Å². The summed E-state index contributed by atoms with van der Waals surface area (Å²) < 4.78 is 0. The number of carbonyl (C=O) groups is 2. The summed E-state index contributed by atoms with van der Waals surface area (Å²) in [7, 11) is 1.92. The van der Waals surface area contributed by atoms with E-state index in [0.29, 0.717) is 31.0 Å². The molecule has 1 saturated heterocycles. The molecular weight excluding hydrogens is 322 g/mol. The molecule has 1 atom stereocenters. The Morgan fingerprint density at radius 2 is 2.27 bits per heavy atom. The number of halogens is 1. The lowest BCUT2D eigenvalue weighted by atomic mass is 10.2. The second kappa shape index (κ2) is 9.82. The second-order valence-corrected chi connectivity index (χ2v) is 6.09. The smallest absolute Gasteiger partial charge is 0.252 e. The first-order valence-electron chi connectivity index (χ1n) is 7.47. The van der Waals surface area contributed by atoms with Crippen LogP contribution in [0.15, 0.2) is 16.8 Å². The maximum absolute atomic E-state index is 12.2. The Morgan fingerprint density at radius 3 is 2.95 bits per heavy atom. The van der Waals surface area contributed by atoms with Gasteiger partial charge in [-0.1, -0.05) is 0 Å². The van der Waals surface area contributed by atoms with Gasteiger partial charge in [-0.15, -0.1) is 12.4 Å². The maximum atomic E-state index is 12.2. The number of hydrogen-bond acceptors (Lipinski definition) is 4. The van der Waals surface area contributed by atoms with Crippen LogP contribution in [-0.4, -0.2) is 49.4 Å². The van der Waals surface area contributed by atoms with Crippen molar-refractivity contribution in [2.75, 3.05) is 26.7 Å². The molecule has 1 aliphatic rings. The Hall–Kier alpha value is -1.11. The van der Waals surface area contributed by atoms with Crippen LogP contribution in [-0.2, 0) is 4.79 Å². The van der Waals surface area contributed by atoms with Crippen molar-refractivity contribution >= 4 is 35.6 Å². The zero-order valence-electron chi connectivity index (χ0n) is 12.8. The number of nitrogens with zero attached hydrogens (tertiary/aromatic N) is 1. The Kier molecular flexibility index (Phi) is 8.45. The van der Waals surface area contributed by atoms with Crippen LogP contribution in [0.2, 0.25) is 0 Å². The third kappa shape index (κ3) is 5.26. The third-order valence-corrected chi connectivity index (χ3v) is 4.46. The highest BCUT2D eigenvalue weighted by Crippen LogP contribution is 2.17. The summed E-state index contributed by atoms with van der Waals surface area (Å²) in [5, 5.41) is 9.70. The number of carbonyl (C=O) groups excluding carboxylic acids is 2. The molecule has 0 aromatic carbocycles. The Balaban J connectivity index is 0.00000242. The topological polar surface area (TPSA) is 61.4 Å². The highest BCUT2D eigenvalue weighted by atomic mass is 35.5. The van der Waals surface area contributed by atoms with Crippen molar-refractivity contribution in [2.45, 2.75) is 31.7 Å². The summed E-state index contributed by atoms with van der Waals surface area (Å²) in [5.41, 5.74) is 0.694. The van der Waals surface area contributed by atoms with Crippen LogP contribution in [0.25, 0.3) is 0 Å². The van der Waals surface area contributed by atoms with Crippen molar-refractivity contribution in [3.8, 4) is 0 Å². The van der Waals surface area contributed by atoms with Crippen LogP contribution in [0, 0.1) is 0 Å². The highest BCUT2D eigenvalue weighted by molar-refractivity contribution is 7.08. The van der Waals surface area contributed by atoms with Crippen LogP contribution in [0.5, 0.6) is 0 Å². The van der Waals surface area contributed by atoms with Gasteiger partial charge in [-0.2, -0.15) is 11.3 Å². The SMILES string of the molecule is CNCC1CCCN1C(=O)CCCNC(=O)c1ccsc1.Cl. The molecular formula is C15H24ClN3O2S.